The van der Waals surface area contributed by atoms with Gasteiger partial charge in [0.05, 0.1) is 29.1 Å². The van der Waals surface area contributed by atoms with Gasteiger partial charge in [-0.2, -0.15) is 13.2 Å². The normalized spacial score (nSPS) is 17.4. The van der Waals surface area contributed by atoms with E-state index < -0.39 is 39.1 Å². The summed E-state index contributed by atoms with van der Waals surface area (Å²) in [6, 6.07) is 13.0. The molecule has 1 N–H and O–H groups in total. The number of amides is 1. The van der Waals surface area contributed by atoms with Gasteiger partial charge < -0.3 is 15.0 Å². The van der Waals surface area contributed by atoms with Crippen LogP contribution in [0.15, 0.2) is 71.6 Å². The number of rotatable bonds is 11. The van der Waals surface area contributed by atoms with Crippen LogP contribution in [0.2, 0.25) is 0 Å². The molecule has 1 unspecified atom stereocenters. The van der Waals surface area contributed by atoms with Gasteiger partial charge in [0.25, 0.3) is 11.8 Å². The van der Waals surface area contributed by atoms with Crippen LogP contribution in [0.3, 0.4) is 0 Å². The first-order valence-corrected chi connectivity index (χ1v) is 20.2. The van der Waals surface area contributed by atoms with E-state index in [1.807, 2.05) is 0 Å². The van der Waals surface area contributed by atoms with Gasteiger partial charge in [-0.15, -0.1) is 0 Å². The van der Waals surface area contributed by atoms with Gasteiger partial charge in [-0.1, -0.05) is 55.0 Å². The Morgan fingerprint density at radius 3 is 2.20 bits per heavy atom. The Morgan fingerprint density at radius 1 is 0.927 bits per heavy atom. The van der Waals surface area contributed by atoms with Gasteiger partial charge in [-0.3, -0.25) is 9.69 Å². The molecule has 0 spiro atoms. The molecule has 1 aromatic heterocycles. The average Bonchev–Trinajstić information content (AvgIpc) is 3.16. The quantitative estimate of drug-likeness (QED) is 0.152. The van der Waals surface area contributed by atoms with Gasteiger partial charge in [-0.05, 0) is 83.4 Å². The molecule has 2 aliphatic heterocycles. The molecule has 2 saturated heterocycles. The van der Waals surface area contributed by atoms with Crippen molar-refractivity contribution in [1.29, 1.82) is 0 Å². The number of benzene rings is 3. The van der Waals surface area contributed by atoms with Crippen molar-refractivity contribution in [3.05, 3.63) is 89.0 Å². The van der Waals surface area contributed by atoms with E-state index in [-0.39, 0.29) is 61.6 Å². The minimum Gasteiger partial charge on any atom is -0.495 e. The first kappa shape index (κ1) is 40.5. The number of halogens is 5. The lowest BCUT2D eigenvalue weighted by Gasteiger charge is -2.40. The summed E-state index contributed by atoms with van der Waals surface area (Å²) in [6.07, 6.45) is 0.231. The van der Waals surface area contributed by atoms with Crippen LogP contribution in [0.1, 0.15) is 86.0 Å². The van der Waals surface area contributed by atoms with Crippen LogP contribution < -0.4 is 10.1 Å². The molecule has 2 aliphatic rings. The molecule has 2 fully saturated rings. The van der Waals surface area contributed by atoms with Crippen LogP contribution in [-0.2, 0) is 22.3 Å². The van der Waals surface area contributed by atoms with E-state index in [0.717, 1.165) is 45.7 Å². The lowest BCUT2D eigenvalue weighted by Crippen LogP contribution is -2.46. The largest absolute Gasteiger partial charge is 0.495 e. The number of nitrogens with one attached hydrogen (secondary N) is 1. The number of sulfone groups is 1. The number of ether oxygens (including phenoxy) is 1. The Hall–Kier alpha value is -4.14. The lowest BCUT2D eigenvalue weighted by molar-refractivity contribution is -0.155. The molecule has 8 nitrogen and oxygen atoms in total. The highest BCUT2D eigenvalue weighted by atomic mass is 32.2. The van der Waals surface area contributed by atoms with Crippen LogP contribution in [0.5, 0.6) is 5.75 Å². The second kappa shape index (κ2) is 16.1. The number of hydrogen-bond acceptors (Lipinski definition) is 7. The third-order valence-electron chi connectivity index (χ3n) is 10.7. The number of aromatic nitrogens is 1. The Kier molecular flexibility index (Phi) is 11.9. The van der Waals surface area contributed by atoms with Crippen LogP contribution in [-0.4, -0.2) is 79.9 Å². The second-order valence-electron chi connectivity index (χ2n) is 14.9. The fraction of sp³-hybridized carbons (Fsp3) is 0.463. The monoisotopic (exact) mass is 786 g/mol. The Balaban J connectivity index is 1.58. The molecule has 4 aromatic rings. The van der Waals surface area contributed by atoms with E-state index >= 15 is 0 Å². The molecular weight excluding hydrogens is 740 g/mol. The summed E-state index contributed by atoms with van der Waals surface area (Å²) in [4.78, 5) is 23.9. The van der Waals surface area contributed by atoms with Gasteiger partial charge in [0.15, 0.2) is 15.9 Å². The Labute approximate surface area is 319 Å². The average molecular weight is 787 g/mol. The lowest BCUT2D eigenvalue weighted by atomic mass is 9.92. The third-order valence-corrected chi connectivity index (χ3v) is 12.9. The molecule has 1 amide bonds. The highest BCUT2D eigenvalue weighted by Gasteiger charge is 2.43. The first-order chi connectivity index (χ1) is 26.0. The minimum absolute atomic E-state index is 0.00885. The summed E-state index contributed by atoms with van der Waals surface area (Å²) in [6.45, 7) is 7.04. The first-order valence-electron chi connectivity index (χ1n) is 18.6. The van der Waals surface area contributed by atoms with Gasteiger partial charge in [0.2, 0.25) is 0 Å². The van der Waals surface area contributed by atoms with E-state index in [1.165, 1.54) is 82.0 Å². The van der Waals surface area contributed by atoms with E-state index in [2.05, 4.69) is 15.1 Å². The molecule has 14 heteroatoms. The number of fused-ring (bicyclic) bond motifs is 1. The maximum atomic E-state index is 14.8. The van der Waals surface area contributed by atoms with Gasteiger partial charge >= 0.3 is 6.18 Å². The highest BCUT2D eigenvalue weighted by Crippen LogP contribution is 2.40. The van der Waals surface area contributed by atoms with E-state index in [9.17, 15) is 35.2 Å². The maximum Gasteiger partial charge on any atom is 0.412 e. The SMILES string of the molecule is COc1cc2nc(-c3cccc(C(C)(F)F)c3)c(CN3CCC(N4CCCCC4)CC3)c(C(=O)NC(c3ccccc3)C(F)(F)F)c2cc1S(=O)(=O)C(C)C. The third kappa shape index (κ3) is 8.81. The number of piperidine rings is 2. The molecule has 296 valence electrons. The number of alkyl halides is 5. The van der Waals surface area contributed by atoms with Crippen molar-refractivity contribution in [2.24, 2.45) is 0 Å². The van der Waals surface area contributed by atoms with Crippen molar-refractivity contribution < 1.29 is 39.9 Å². The zero-order valence-electron chi connectivity index (χ0n) is 31.4. The maximum absolute atomic E-state index is 14.8. The van der Waals surface area contributed by atoms with Gasteiger partial charge in [-0.25, -0.2) is 22.2 Å². The van der Waals surface area contributed by atoms with Crippen molar-refractivity contribution in [1.82, 2.24) is 20.1 Å². The fourth-order valence-electron chi connectivity index (χ4n) is 7.69. The van der Waals surface area contributed by atoms with Crippen LogP contribution in [0, 0.1) is 0 Å². The number of methoxy groups -OCH3 is 1. The molecule has 3 heterocycles. The molecule has 0 aliphatic carbocycles. The topological polar surface area (TPSA) is 91.8 Å². The smallest absolute Gasteiger partial charge is 0.412 e. The number of carbonyl (C=O) groups is 1. The van der Waals surface area contributed by atoms with Crippen molar-refractivity contribution in [2.45, 2.75) is 93.7 Å². The standard InChI is InChI=1S/C41H47F5N4O4S/c1-26(2)55(52,53)35-23-31-33(24-34(35)54-4)47-37(28-14-11-15-29(22-28)40(3,42)43)32(25-49-20-16-30(17-21-49)50-18-9-6-10-19-50)36(31)39(51)48-38(41(44,45)46)27-12-7-5-8-13-27/h5,7-8,11-15,22-24,26,30,38H,6,9-10,16-21,25H2,1-4H3,(H,48,51). The predicted octanol–water partition coefficient (Wildman–Crippen LogP) is 8.69. The number of carbonyl (C=O) groups excluding carboxylic acids is 1. The zero-order chi connectivity index (χ0) is 39.7. The molecule has 0 bridgehead atoms. The van der Waals surface area contributed by atoms with E-state index in [4.69, 9.17) is 9.72 Å². The zero-order valence-corrected chi connectivity index (χ0v) is 32.2. The van der Waals surface area contributed by atoms with Crippen LogP contribution in [0.25, 0.3) is 22.2 Å². The number of pyridine rings is 1. The molecular formula is C41H47F5N4O4S. The van der Waals surface area contributed by atoms with Crippen LogP contribution in [0.4, 0.5) is 22.0 Å². The highest BCUT2D eigenvalue weighted by molar-refractivity contribution is 7.92. The summed E-state index contributed by atoms with van der Waals surface area (Å²) in [7, 11) is -2.77. The molecule has 0 radical (unpaired) electrons. The summed E-state index contributed by atoms with van der Waals surface area (Å²) < 4.78 is 107. The molecule has 0 saturated carbocycles. The molecule has 1 atom stereocenters. The number of likely N-dealkylation sites (tertiary alicyclic amines) is 2. The number of nitrogens with zero attached hydrogens (tertiary/aromatic N) is 3. The van der Waals surface area contributed by atoms with Crippen LogP contribution >= 0.6 is 0 Å². The van der Waals surface area contributed by atoms with E-state index in [1.54, 1.807) is 12.1 Å². The minimum atomic E-state index is -4.91. The predicted molar refractivity (Wildman–Crippen MR) is 202 cm³/mol. The van der Waals surface area contributed by atoms with Crippen molar-refractivity contribution in [3.63, 3.8) is 0 Å². The molecule has 6 rings (SSSR count). The van der Waals surface area contributed by atoms with Crippen molar-refractivity contribution >= 4 is 26.6 Å². The fourth-order valence-corrected chi connectivity index (χ4v) is 8.90. The Morgan fingerprint density at radius 2 is 1.60 bits per heavy atom. The van der Waals surface area contributed by atoms with Gasteiger partial charge in [0, 0.05) is 47.7 Å². The molecule has 55 heavy (non-hydrogen) atoms. The molecule has 3 aromatic carbocycles. The summed E-state index contributed by atoms with van der Waals surface area (Å²) in [5.74, 6) is -4.43. The second-order valence-corrected chi connectivity index (χ2v) is 17.3. The van der Waals surface area contributed by atoms with Crippen molar-refractivity contribution in [2.75, 3.05) is 33.3 Å². The number of hydrogen-bond donors (Lipinski definition) is 1. The Bertz CT molecular complexity index is 2110. The van der Waals surface area contributed by atoms with E-state index in [0.29, 0.717) is 19.1 Å². The van der Waals surface area contributed by atoms with Gasteiger partial charge in [0.1, 0.15) is 10.6 Å². The summed E-state index contributed by atoms with van der Waals surface area (Å²) >= 11 is 0. The summed E-state index contributed by atoms with van der Waals surface area (Å²) in [5, 5.41) is 1.30. The van der Waals surface area contributed by atoms with Crippen molar-refractivity contribution in [3.8, 4) is 17.0 Å². The summed E-state index contributed by atoms with van der Waals surface area (Å²) in [5.41, 5.74) is -0.156.